The summed E-state index contributed by atoms with van der Waals surface area (Å²) in [5.41, 5.74) is 0.390. The zero-order valence-corrected chi connectivity index (χ0v) is 25.7. The Hall–Kier alpha value is -2.30. The fourth-order valence-electron chi connectivity index (χ4n) is 7.88. The minimum absolute atomic E-state index is 0.140. The molecule has 4 saturated heterocycles. The van der Waals surface area contributed by atoms with Crippen LogP contribution in [0.4, 0.5) is 0 Å². The van der Waals surface area contributed by atoms with Crippen LogP contribution in [0.2, 0.25) is 0 Å². The minimum atomic E-state index is -0.850. The molecule has 6 rings (SSSR count). The van der Waals surface area contributed by atoms with Gasteiger partial charge in [0.05, 0.1) is 12.7 Å². The Labute approximate surface area is 249 Å². The average Bonchev–Trinajstić information content (AvgIpc) is 3.21. The topological polar surface area (TPSA) is 107 Å². The molecule has 5 fully saturated rings. The van der Waals surface area contributed by atoms with Crippen LogP contribution < -0.4 is 5.32 Å². The number of nitrogens with zero attached hydrogens (tertiary/aromatic N) is 1. The van der Waals surface area contributed by atoms with Gasteiger partial charge in [-0.2, -0.15) is 0 Å². The van der Waals surface area contributed by atoms with E-state index in [1.807, 2.05) is 39.0 Å². The first-order valence-electron chi connectivity index (χ1n) is 15.6. The number of amides is 2. The lowest BCUT2D eigenvalue weighted by atomic mass is 9.57. The fraction of sp³-hybridized carbons (Fsp3) is 0.697. The smallest absolute Gasteiger partial charge is 0.254 e. The highest BCUT2D eigenvalue weighted by molar-refractivity contribution is 5.97. The predicted molar refractivity (Wildman–Crippen MR) is 157 cm³/mol. The number of hydrogen-bond donors (Lipinski definition) is 2. The van der Waals surface area contributed by atoms with Crippen molar-refractivity contribution in [2.75, 3.05) is 13.2 Å². The molecule has 1 aromatic carbocycles. The van der Waals surface area contributed by atoms with Crippen LogP contribution >= 0.6 is 0 Å². The Kier molecular flexibility index (Phi) is 9.17. The summed E-state index contributed by atoms with van der Waals surface area (Å²) in [5, 5.41) is 12.3. The van der Waals surface area contributed by atoms with Crippen molar-refractivity contribution in [3.05, 3.63) is 48.0 Å². The first-order chi connectivity index (χ1) is 20.0. The van der Waals surface area contributed by atoms with E-state index >= 15 is 0 Å². The van der Waals surface area contributed by atoms with Crippen molar-refractivity contribution >= 4 is 11.8 Å². The van der Waals surface area contributed by atoms with E-state index in [1.165, 1.54) is 0 Å². The zero-order valence-electron chi connectivity index (χ0n) is 25.7. The standard InChI is InChI=1S/C33H48N2O7/c1-20(2)35(30(38)24-10-8-7-9-11-24)27(29(37)34-18-21(3)19-36)14-15-28-23(5)26-13-12-22(4)25-16-17-32(6)40-31(39-28)33(25,26)42-41-32/h7-11,20,22-23,25-28,31,36H,3,12-19H2,1-2,4-6H3,(H,34,37)/t22-,23-,25?,26?,27?,28-,31-,32+,33-/m1/s1. The number of nitrogens with one attached hydrogen (secondary N) is 1. The van der Waals surface area contributed by atoms with Crippen LogP contribution in [0, 0.1) is 23.7 Å². The van der Waals surface area contributed by atoms with Crippen LogP contribution in [0.15, 0.2) is 42.5 Å². The Morgan fingerprint density at radius 2 is 1.86 bits per heavy atom. The first-order valence-corrected chi connectivity index (χ1v) is 15.6. The molecule has 1 aromatic rings. The van der Waals surface area contributed by atoms with E-state index in [0.29, 0.717) is 29.9 Å². The second-order valence-corrected chi connectivity index (χ2v) is 13.3. The molecule has 2 N–H and O–H groups in total. The molecular formula is C33H48N2O7. The molecule has 1 spiro atoms. The largest absolute Gasteiger partial charge is 0.392 e. The second-order valence-electron chi connectivity index (χ2n) is 13.3. The molecule has 0 aromatic heterocycles. The van der Waals surface area contributed by atoms with Crippen molar-refractivity contribution in [1.29, 1.82) is 0 Å². The maximum Gasteiger partial charge on any atom is 0.254 e. The third-order valence-electron chi connectivity index (χ3n) is 10.2. The van der Waals surface area contributed by atoms with Gasteiger partial charge in [0.25, 0.3) is 5.91 Å². The quantitative estimate of drug-likeness (QED) is 0.306. The van der Waals surface area contributed by atoms with E-state index in [4.69, 9.17) is 19.2 Å². The van der Waals surface area contributed by atoms with E-state index in [2.05, 4.69) is 25.7 Å². The lowest BCUT2D eigenvalue weighted by Gasteiger charge is -2.60. The maximum atomic E-state index is 13.8. The van der Waals surface area contributed by atoms with Gasteiger partial charge < -0.3 is 24.8 Å². The third-order valence-corrected chi connectivity index (χ3v) is 10.2. The SMILES string of the molecule is C=C(CO)CNC(=O)C(CC[C@H]1O[C@@H]2O[C@]3(C)CCC4[C@H](C)CCC([C@H]1C)[C@]42OO3)N(C(=O)c1ccccc1)C(C)C. The summed E-state index contributed by atoms with van der Waals surface area (Å²) in [5.74, 6) is -0.227. The summed E-state index contributed by atoms with van der Waals surface area (Å²) >= 11 is 0. The lowest BCUT2D eigenvalue weighted by Crippen LogP contribution is -2.70. The average molecular weight is 585 g/mol. The van der Waals surface area contributed by atoms with E-state index < -0.39 is 23.7 Å². The number of aliphatic hydroxyl groups is 1. The summed E-state index contributed by atoms with van der Waals surface area (Å²) in [7, 11) is 0. The van der Waals surface area contributed by atoms with Gasteiger partial charge in [0.2, 0.25) is 11.7 Å². The first kappa shape index (κ1) is 31.1. The molecule has 9 heteroatoms. The number of fused-ring (bicyclic) bond motifs is 2. The van der Waals surface area contributed by atoms with Gasteiger partial charge in [-0.1, -0.05) is 38.6 Å². The Morgan fingerprint density at radius 1 is 1.12 bits per heavy atom. The van der Waals surface area contributed by atoms with Gasteiger partial charge in [0.1, 0.15) is 6.04 Å². The molecule has 5 aliphatic rings. The Morgan fingerprint density at radius 3 is 2.55 bits per heavy atom. The van der Waals surface area contributed by atoms with Gasteiger partial charge in [0.15, 0.2) is 11.9 Å². The Balaban J connectivity index is 1.40. The molecule has 1 aliphatic carbocycles. The van der Waals surface area contributed by atoms with Gasteiger partial charge in [0, 0.05) is 30.5 Å². The van der Waals surface area contributed by atoms with E-state index in [-0.39, 0.29) is 54.9 Å². The lowest BCUT2D eigenvalue weighted by molar-refractivity contribution is -0.571. The van der Waals surface area contributed by atoms with Gasteiger partial charge in [-0.05, 0) is 88.3 Å². The Bertz CT molecular complexity index is 1140. The number of rotatable bonds is 10. The molecular weight excluding hydrogens is 536 g/mol. The highest BCUT2D eigenvalue weighted by Gasteiger charge is 2.69. The number of benzene rings is 1. The minimum Gasteiger partial charge on any atom is -0.392 e. The van der Waals surface area contributed by atoms with E-state index in [9.17, 15) is 14.7 Å². The van der Waals surface area contributed by atoms with Crippen molar-refractivity contribution in [3.63, 3.8) is 0 Å². The van der Waals surface area contributed by atoms with E-state index in [1.54, 1.807) is 17.0 Å². The van der Waals surface area contributed by atoms with Crippen molar-refractivity contribution in [2.24, 2.45) is 23.7 Å². The molecule has 0 radical (unpaired) electrons. The van der Waals surface area contributed by atoms with Crippen molar-refractivity contribution < 1.29 is 33.9 Å². The highest BCUT2D eigenvalue weighted by atomic mass is 17.3. The molecule has 2 amide bonds. The fourth-order valence-corrected chi connectivity index (χ4v) is 7.88. The van der Waals surface area contributed by atoms with Crippen molar-refractivity contribution in [1.82, 2.24) is 10.2 Å². The molecule has 3 unspecified atom stereocenters. The normalized spacial score (nSPS) is 36.1. The molecule has 232 valence electrons. The van der Waals surface area contributed by atoms with Gasteiger partial charge in [-0.25, -0.2) is 9.78 Å². The maximum absolute atomic E-state index is 13.8. The molecule has 4 heterocycles. The molecule has 9 atom stereocenters. The van der Waals surface area contributed by atoms with Crippen molar-refractivity contribution in [2.45, 2.75) is 109 Å². The number of ether oxygens (including phenoxy) is 2. The van der Waals surface area contributed by atoms with Crippen LogP contribution in [0.1, 0.15) is 83.5 Å². The van der Waals surface area contributed by atoms with Crippen LogP contribution in [0.3, 0.4) is 0 Å². The number of hydrogen-bond acceptors (Lipinski definition) is 7. The molecule has 2 bridgehead atoms. The van der Waals surface area contributed by atoms with Crippen LogP contribution in [-0.4, -0.2) is 70.8 Å². The molecule has 1 saturated carbocycles. The van der Waals surface area contributed by atoms with Crippen LogP contribution in [0.5, 0.6) is 0 Å². The summed E-state index contributed by atoms with van der Waals surface area (Å²) in [6.45, 7) is 14.0. The number of carbonyl (C=O) groups is 2. The summed E-state index contributed by atoms with van der Waals surface area (Å²) < 4.78 is 13.3. The second kappa shape index (κ2) is 12.4. The molecule has 42 heavy (non-hydrogen) atoms. The zero-order chi connectivity index (χ0) is 30.2. The monoisotopic (exact) mass is 584 g/mol. The number of carbonyl (C=O) groups excluding carboxylic acids is 2. The van der Waals surface area contributed by atoms with E-state index in [0.717, 1.165) is 25.7 Å². The summed E-state index contributed by atoms with van der Waals surface area (Å²) in [6, 6.07) is 8.09. The summed E-state index contributed by atoms with van der Waals surface area (Å²) in [4.78, 5) is 41.4. The van der Waals surface area contributed by atoms with Gasteiger partial charge in [-0.15, -0.1) is 0 Å². The summed E-state index contributed by atoms with van der Waals surface area (Å²) in [6.07, 6.45) is 4.07. The van der Waals surface area contributed by atoms with Gasteiger partial charge in [-0.3, -0.25) is 9.59 Å². The van der Waals surface area contributed by atoms with Gasteiger partial charge >= 0.3 is 0 Å². The van der Waals surface area contributed by atoms with Crippen molar-refractivity contribution in [3.8, 4) is 0 Å². The van der Waals surface area contributed by atoms with Crippen LogP contribution in [-0.2, 0) is 24.0 Å². The predicted octanol–water partition coefficient (Wildman–Crippen LogP) is 4.60. The third kappa shape index (κ3) is 5.66. The number of aliphatic hydroxyl groups excluding tert-OH is 1. The molecule has 4 aliphatic heterocycles. The molecule has 9 nitrogen and oxygen atoms in total. The highest BCUT2D eigenvalue weighted by Crippen LogP contribution is 2.60. The van der Waals surface area contributed by atoms with Crippen LogP contribution in [0.25, 0.3) is 0 Å².